The SMILES string of the molecule is CC(C)(N)CNC(=O)c1ccc(Nc2ncc3c(n2)-c2ccc(Cl)cc2C(C2=C(F)C=CCC2F)=NC3)cc1. The number of anilines is 2. The minimum absolute atomic E-state index is 0.0734. The predicted molar refractivity (Wildman–Crippen MR) is 150 cm³/mol. The third kappa shape index (κ3) is 5.89. The second kappa shape index (κ2) is 10.7. The number of fused-ring (bicyclic) bond motifs is 3. The summed E-state index contributed by atoms with van der Waals surface area (Å²) in [6.07, 6.45) is 2.94. The number of nitrogens with one attached hydrogen (secondary N) is 2. The van der Waals surface area contributed by atoms with Gasteiger partial charge < -0.3 is 16.4 Å². The number of halogens is 3. The topological polar surface area (TPSA) is 105 Å². The Morgan fingerprint density at radius 3 is 2.67 bits per heavy atom. The van der Waals surface area contributed by atoms with Gasteiger partial charge in [-0.3, -0.25) is 9.79 Å². The lowest BCUT2D eigenvalue weighted by atomic mass is 9.90. The van der Waals surface area contributed by atoms with Crippen molar-refractivity contribution >= 4 is 34.9 Å². The molecule has 2 aromatic carbocycles. The Labute approximate surface area is 229 Å². The van der Waals surface area contributed by atoms with Crippen molar-refractivity contribution in [2.75, 3.05) is 11.9 Å². The number of nitrogens with two attached hydrogens (primary N) is 1. The number of amides is 1. The third-order valence-electron chi connectivity index (χ3n) is 6.30. The Balaban J connectivity index is 1.44. The lowest BCUT2D eigenvalue weighted by Gasteiger charge is -2.19. The zero-order valence-corrected chi connectivity index (χ0v) is 22.2. The van der Waals surface area contributed by atoms with Crippen molar-refractivity contribution in [3.05, 3.63) is 93.9 Å². The summed E-state index contributed by atoms with van der Waals surface area (Å²) >= 11 is 6.30. The second-order valence-corrected chi connectivity index (χ2v) is 10.6. The van der Waals surface area contributed by atoms with Gasteiger partial charge in [0.1, 0.15) is 12.0 Å². The number of nitrogens with zero attached hydrogens (tertiary/aromatic N) is 3. The van der Waals surface area contributed by atoms with Crippen molar-refractivity contribution in [1.29, 1.82) is 0 Å². The average molecular weight is 549 g/mol. The highest BCUT2D eigenvalue weighted by Gasteiger charge is 2.30. The molecule has 5 rings (SSSR count). The van der Waals surface area contributed by atoms with Crippen LogP contribution in [0, 0.1) is 0 Å². The van der Waals surface area contributed by atoms with Crippen LogP contribution >= 0.6 is 11.6 Å². The van der Waals surface area contributed by atoms with Crippen molar-refractivity contribution in [3.8, 4) is 11.3 Å². The first-order chi connectivity index (χ1) is 18.6. The molecule has 10 heteroatoms. The number of benzene rings is 2. The van der Waals surface area contributed by atoms with Crippen molar-refractivity contribution in [1.82, 2.24) is 15.3 Å². The van der Waals surface area contributed by atoms with Crippen LogP contribution in [0.5, 0.6) is 0 Å². The lowest BCUT2D eigenvalue weighted by Crippen LogP contribution is -2.45. The molecule has 0 saturated heterocycles. The van der Waals surface area contributed by atoms with E-state index in [2.05, 4.69) is 20.6 Å². The normalized spacial score (nSPS) is 16.7. The summed E-state index contributed by atoms with van der Waals surface area (Å²) in [6, 6.07) is 12.0. The Morgan fingerprint density at radius 1 is 1.18 bits per heavy atom. The molecule has 1 aliphatic heterocycles. The predicted octanol–water partition coefficient (Wildman–Crippen LogP) is 5.83. The minimum Gasteiger partial charge on any atom is -0.350 e. The molecule has 1 atom stereocenters. The fourth-order valence-corrected chi connectivity index (χ4v) is 4.54. The summed E-state index contributed by atoms with van der Waals surface area (Å²) in [5.41, 5.74) is 9.17. The van der Waals surface area contributed by atoms with Crippen molar-refractivity contribution in [3.63, 3.8) is 0 Å². The molecule has 2 heterocycles. The highest BCUT2D eigenvalue weighted by molar-refractivity contribution is 6.31. The molecule has 0 radical (unpaired) electrons. The van der Waals surface area contributed by atoms with Crippen LogP contribution in [0.4, 0.5) is 20.4 Å². The molecule has 3 aromatic rings. The average Bonchev–Trinajstić information content (AvgIpc) is 3.04. The number of carbonyl (C=O) groups is 1. The molecule has 4 N–H and O–H groups in total. The van der Waals surface area contributed by atoms with Gasteiger partial charge in [0.15, 0.2) is 0 Å². The summed E-state index contributed by atoms with van der Waals surface area (Å²) in [4.78, 5) is 26.1. The van der Waals surface area contributed by atoms with E-state index < -0.39 is 17.5 Å². The maximum absolute atomic E-state index is 14.9. The number of allylic oxidation sites excluding steroid dienone is 4. The molecule has 200 valence electrons. The quantitative estimate of drug-likeness (QED) is 0.359. The largest absolute Gasteiger partial charge is 0.350 e. The first-order valence-electron chi connectivity index (χ1n) is 12.4. The van der Waals surface area contributed by atoms with E-state index in [1.165, 1.54) is 12.2 Å². The van der Waals surface area contributed by atoms with Crippen LogP contribution in [0.3, 0.4) is 0 Å². The summed E-state index contributed by atoms with van der Waals surface area (Å²) < 4.78 is 29.7. The molecular formula is C29H27ClF2N6O. The van der Waals surface area contributed by atoms with Gasteiger partial charge in [0, 0.05) is 63.2 Å². The van der Waals surface area contributed by atoms with E-state index in [9.17, 15) is 13.6 Å². The number of carbonyl (C=O) groups excluding carboxylic acids is 1. The molecule has 1 unspecified atom stereocenters. The van der Waals surface area contributed by atoms with Crippen LogP contribution in [0.2, 0.25) is 5.02 Å². The fourth-order valence-electron chi connectivity index (χ4n) is 4.37. The van der Waals surface area contributed by atoms with Crippen molar-refractivity contribution in [2.45, 2.75) is 38.5 Å². The summed E-state index contributed by atoms with van der Waals surface area (Å²) in [6.45, 7) is 4.16. The number of rotatable bonds is 6. The zero-order valence-electron chi connectivity index (χ0n) is 21.4. The van der Waals surface area contributed by atoms with Gasteiger partial charge in [0.25, 0.3) is 5.91 Å². The standard InChI is InChI=1S/C29H27ClF2N6O/c1-29(2,33)15-36-27(39)16-6-9-19(10-7-16)37-28-35-14-17-13-34-26(24-22(31)4-3-5-23(24)32)21-12-18(30)8-11-20(21)25(17)38-28/h3-4,6-12,14,23H,5,13,15,33H2,1-2H3,(H,36,39)(H,35,37,38). The van der Waals surface area contributed by atoms with Crippen LogP contribution < -0.4 is 16.4 Å². The van der Waals surface area contributed by atoms with E-state index >= 15 is 0 Å². The monoisotopic (exact) mass is 548 g/mol. The maximum Gasteiger partial charge on any atom is 0.251 e. The Bertz CT molecular complexity index is 1530. The van der Waals surface area contributed by atoms with Gasteiger partial charge >= 0.3 is 0 Å². The van der Waals surface area contributed by atoms with Gasteiger partial charge in [-0.05, 0) is 56.3 Å². The van der Waals surface area contributed by atoms with Crippen LogP contribution in [0.25, 0.3) is 11.3 Å². The summed E-state index contributed by atoms with van der Waals surface area (Å²) in [5.74, 6) is -0.556. The fraction of sp³-hybridized carbons (Fsp3) is 0.241. The van der Waals surface area contributed by atoms with Gasteiger partial charge in [-0.15, -0.1) is 0 Å². The molecule has 0 spiro atoms. The second-order valence-electron chi connectivity index (χ2n) is 10.2. The minimum atomic E-state index is -1.52. The van der Waals surface area contributed by atoms with Gasteiger partial charge in [0.2, 0.25) is 5.95 Å². The van der Waals surface area contributed by atoms with Gasteiger partial charge in [-0.2, -0.15) is 0 Å². The van der Waals surface area contributed by atoms with Crippen LogP contribution in [-0.4, -0.2) is 39.8 Å². The molecule has 0 bridgehead atoms. The number of aliphatic imine (C=N–C) groups is 1. The molecule has 39 heavy (non-hydrogen) atoms. The van der Waals surface area contributed by atoms with Crippen LogP contribution in [0.1, 0.15) is 41.8 Å². The first kappa shape index (κ1) is 26.6. The molecule has 7 nitrogen and oxygen atoms in total. The number of aromatic nitrogens is 2. The molecule has 2 aliphatic rings. The maximum atomic E-state index is 14.9. The molecule has 1 aliphatic carbocycles. The van der Waals surface area contributed by atoms with E-state index in [-0.39, 0.29) is 30.2 Å². The van der Waals surface area contributed by atoms with Gasteiger partial charge in [-0.1, -0.05) is 23.7 Å². The van der Waals surface area contributed by atoms with E-state index in [4.69, 9.17) is 22.3 Å². The van der Waals surface area contributed by atoms with Gasteiger partial charge in [-0.25, -0.2) is 18.7 Å². The number of alkyl halides is 1. The third-order valence-corrected chi connectivity index (χ3v) is 6.54. The summed E-state index contributed by atoms with van der Waals surface area (Å²) in [7, 11) is 0. The molecule has 1 aromatic heterocycles. The van der Waals surface area contributed by atoms with E-state index in [1.807, 2.05) is 13.8 Å². The molecule has 1 amide bonds. The zero-order chi connectivity index (χ0) is 27.7. The van der Waals surface area contributed by atoms with E-state index in [1.54, 1.807) is 48.7 Å². The Hall–Kier alpha value is -3.95. The number of hydrogen-bond donors (Lipinski definition) is 3. The smallest absolute Gasteiger partial charge is 0.251 e. The van der Waals surface area contributed by atoms with E-state index in [0.717, 1.165) is 0 Å². The van der Waals surface area contributed by atoms with Crippen molar-refractivity contribution in [2.24, 2.45) is 10.7 Å². The molecule has 0 fully saturated rings. The molecule has 0 saturated carbocycles. The highest BCUT2D eigenvalue weighted by atomic mass is 35.5. The van der Waals surface area contributed by atoms with Crippen molar-refractivity contribution < 1.29 is 13.6 Å². The highest BCUT2D eigenvalue weighted by Crippen LogP contribution is 2.36. The Kier molecular flexibility index (Phi) is 7.29. The molecular weight excluding hydrogens is 522 g/mol. The van der Waals surface area contributed by atoms with Crippen LogP contribution in [-0.2, 0) is 6.54 Å². The van der Waals surface area contributed by atoms with Crippen LogP contribution in [0.15, 0.2) is 77.2 Å². The Morgan fingerprint density at radius 2 is 1.95 bits per heavy atom. The van der Waals surface area contributed by atoms with Gasteiger partial charge in [0.05, 0.1) is 18.0 Å². The summed E-state index contributed by atoms with van der Waals surface area (Å²) in [5, 5.41) is 6.38. The first-order valence-corrected chi connectivity index (χ1v) is 12.8. The number of hydrogen-bond acceptors (Lipinski definition) is 6. The lowest BCUT2D eigenvalue weighted by molar-refractivity contribution is 0.0946. The van der Waals surface area contributed by atoms with E-state index in [0.29, 0.717) is 51.2 Å².